The number of hydrogen-bond donors (Lipinski definition) is 2. The summed E-state index contributed by atoms with van der Waals surface area (Å²) in [7, 11) is 0. The highest BCUT2D eigenvalue weighted by Crippen LogP contribution is 2.29. The summed E-state index contributed by atoms with van der Waals surface area (Å²) in [6.45, 7) is 0.197. The van der Waals surface area contributed by atoms with Crippen molar-refractivity contribution in [3.63, 3.8) is 0 Å². The average Bonchev–Trinajstić information content (AvgIpc) is 2.28. The van der Waals surface area contributed by atoms with E-state index in [1.165, 1.54) is 4.90 Å². The van der Waals surface area contributed by atoms with Gasteiger partial charge in [0.1, 0.15) is 0 Å². The second kappa shape index (κ2) is 4.43. The van der Waals surface area contributed by atoms with Crippen molar-refractivity contribution in [1.82, 2.24) is 4.90 Å². The predicted molar refractivity (Wildman–Crippen MR) is 62.3 cm³/mol. The minimum atomic E-state index is -0.982. The van der Waals surface area contributed by atoms with Gasteiger partial charge in [0, 0.05) is 11.0 Å². The number of fused-ring (bicyclic) bond motifs is 1. The minimum absolute atomic E-state index is 0.146. The van der Waals surface area contributed by atoms with Gasteiger partial charge in [0.05, 0.1) is 12.6 Å². The lowest BCUT2D eigenvalue weighted by Gasteiger charge is -2.34. The lowest BCUT2D eigenvalue weighted by molar-refractivity contribution is 0.0873. The molecule has 16 heavy (non-hydrogen) atoms. The van der Waals surface area contributed by atoms with E-state index in [1.807, 2.05) is 18.2 Å². The Morgan fingerprint density at radius 1 is 1.56 bits per heavy atom. The van der Waals surface area contributed by atoms with Crippen LogP contribution in [0.1, 0.15) is 11.1 Å². The number of aliphatic hydroxyl groups is 1. The summed E-state index contributed by atoms with van der Waals surface area (Å²) < 4.78 is 0.980. The van der Waals surface area contributed by atoms with Crippen molar-refractivity contribution < 1.29 is 15.0 Å². The molecular formula is C11H12BrNO3. The molecule has 4 nitrogen and oxygen atoms in total. The maximum atomic E-state index is 11.0. The number of carbonyl (C=O) groups is 1. The van der Waals surface area contributed by atoms with Gasteiger partial charge in [-0.3, -0.25) is 4.90 Å². The van der Waals surface area contributed by atoms with Crippen LogP contribution in [0.4, 0.5) is 4.79 Å². The third kappa shape index (κ3) is 1.92. The molecule has 86 valence electrons. The monoisotopic (exact) mass is 285 g/mol. The van der Waals surface area contributed by atoms with Gasteiger partial charge in [-0.15, -0.1) is 0 Å². The second-order valence-corrected chi connectivity index (χ2v) is 4.68. The summed E-state index contributed by atoms with van der Waals surface area (Å²) in [5, 5.41) is 18.2. The van der Waals surface area contributed by atoms with Crippen molar-refractivity contribution in [3.05, 3.63) is 33.8 Å². The lowest BCUT2D eigenvalue weighted by atomic mass is 9.95. The topological polar surface area (TPSA) is 60.8 Å². The number of rotatable bonds is 1. The number of hydrogen-bond acceptors (Lipinski definition) is 2. The van der Waals surface area contributed by atoms with Crippen LogP contribution in [0.3, 0.4) is 0 Å². The Bertz CT molecular complexity index is 422. The van der Waals surface area contributed by atoms with Gasteiger partial charge >= 0.3 is 6.09 Å². The fraction of sp³-hybridized carbons (Fsp3) is 0.364. The van der Waals surface area contributed by atoms with E-state index in [-0.39, 0.29) is 12.6 Å². The van der Waals surface area contributed by atoms with Crippen LogP contribution in [0.15, 0.2) is 22.7 Å². The number of carboxylic acid groups (broad SMARTS) is 1. The van der Waals surface area contributed by atoms with Gasteiger partial charge in [0.2, 0.25) is 0 Å². The maximum absolute atomic E-state index is 11.0. The lowest BCUT2D eigenvalue weighted by Crippen LogP contribution is -2.45. The molecule has 0 saturated heterocycles. The van der Waals surface area contributed by atoms with Crippen molar-refractivity contribution in [1.29, 1.82) is 0 Å². The summed E-state index contributed by atoms with van der Waals surface area (Å²) in [4.78, 5) is 12.3. The predicted octanol–water partition coefficient (Wildman–Crippen LogP) is 1.85. The first-order chi connectivity index (χ1) is 7.63. The van der Waals surface area contributed by atoms with Gasteiger partial charge in [-0.05, 0) is 23.6 Å². The van der Waals surface area contributed by atoms with Crippen LogP contribution in [-0.4, -0.2) is 33.9 Å². The normalized spacial score (nSPS) is 19.4. The summed E-state index contributed by atoms with van der Waals surface area (Å²) in [5.41, 5.74) is 2.10. The van der Waals surface area contributed by atoms with E-state index in [9.17, 15) is 9.90 Å². The molecule has 1 aliphatic rings. The van der Waals surface area contributed by atoms with Crippen molar-refractivity contribution >= 4 is 22.0 Å². The van der Waals surface area contributed by atoms with Gasteiger partial charge < -0.3 is 10.2 Å². The zero-order valence-corrected chi connectivity index (χ0v) is 10.1. The highest BCUT2D eigenvalue weighted by Gasteiger charge is 2.29. The van der Waals surface area contributed by atoms with Gasteiger partial charge in [-0.1, -0.05) is 28.1 Å². The van der Waals surface area contributed by atoms with Gasteiger partial charge in [0.15, 0.2) is 0 Å². The van der Waals surface area contributed by atoms with Crippen LogP contribution < -0.4 is 0 Å². The third-order valence-electron chi connectivity index (χ3n) is 2.89. The molecule has 1 aliphatic heterocycles. The van der Waals surface area contributed by atoms with Gasteiger partial charge in [-0.2, -0.15) is 0 Å². The molecule has 0 aliphatic carbocycles. The number of benzene rings is 1. The number of halogens is 1. The molecule has 0 bridgehead atoms. The van der Waals surface area contributed by atoms with Crippen LogP contribution in [0.2, 0.25) is 0 Å². The Balaban J connectivity index is 2.37. The Morgan fingerprint density at radius 3 is 2.94 bits per heavy atom. The second-order valence-electron chi connectivity index (χ2n) is 3.83. The van der Waals surface area contributed by atoms with E-state index >= 15 is 0 Å². The summed E-state index contributed by atoms with van der Waals surface area (Å²) in [5.74, 6) is 0. The molecule has 1 heterocycles. The molecule has 2 N–H and O–H groups in total. The zero-order valence-electron chi connectivity index (χ0n) is 8.56. The van der Waals surface area contributed by atoms with Gasteiger partial charge in [0.25, 0.3) is 0 Å². The Morgan fingerprint density at radius 2 is 2.31 bits per heavy atom. The highest BCUT2D eigenvalue weighted by atomic mass is 79.9. The first kappa shape index (κ1) is 11.4. The Hall–Kier alpha value is -1.07. The zero-order chi connectivity index (χ0) is 11.7. The molecule has 0 fully saturated rings. The molecule has 0 saturated carbocycles. The molecule has 0 spiro atoms. The van der Waals surface area contributed by atoms with E-state index in [1.54, 1.807) is 0 Å². The quantitative estimate of drug-likeness (QED) is 0.828. The molecule has 1 atom stereocenters. The van der Waals surface area contributed by atoms with E-state index in [0.717, 1.165) is 15.6 Å². The third-order valence-corrected chi connectivity index (χ3v) is 3.64. The van der Waals surface area contributed by atoms with Crippen LogP contribution in [0.5, 0.6) is 0 Å². The molecule has 1 amide bonds. The van der Waals surface area contributed by atoms with Crippen LogP contribution in [0.25, 0.3) is 0 Å². The average molecular weight is 286 g/mol. The standard InChI is InChI=1S/C11H12BrNO3/c12-10-3-1-2-7-5-13(11(15)16)8(6-14)4-9(7)10/h1-3,8,14H,4-6H2,(H,15,16)/t8-/m1/s1. The van der Waals surface area contributed by atoms with Crippen molar-refractivity contribution in [3.8, 4) is 0 Å². The maximum Gasteiger partial charge on any atom is 0.407 e. The van der Waals surface area contributed by atoms with Gasteiger partial charge in [-0.25, -0.2) is 4.79 Å². The van der Waals surface area contributed by atoms with E-state index in [4.69, 9.17) is 5.11 Å². The Kier molecular flexibility index (Phi) is 3.16. The first-order valence-electron chi connectivity index (χ1n) is 5.00. The van der Waals surface area contributed by atoms with Crippen molar-refractivity contribution in [2.24, 2.45) is 0 Å². The fourth-order valence-corrected chi connectivity index (χ4v) is 2.59. The molecule has 0 radical (unpaired) electrons. The number of nitrogens with zero attached hydrogens (tertiary/aromatic N) is 1. The van der Waals surface area contributed by atoms with Crippen LogP contribution in [0, 0.1) is 0 Å². The Labute approximate surface area is 102 Å². The first-order valence-corrected chi connectivity index (χ1v) is 5.79. The smallest absolute Gasteiger partial charge is 0.407 e. The number of aliphatic hydroxyl groups excluding tert-OH is 1. The molecule has 5 heteroatoms. The molecule has 0 unspecified atom stereocenters. The number of amides is 1. The van der Waals surface area contributed by atoms with Crippen LogP contribution in [-0.2, 0) is 13.0 Å². The van der Waals surface area contributed by atoms with E-state index in [0.29, 0.717) is 13.0 Å². The molecule has 1 aromatic rings. The minimum Gasteiger partial charge on any atom is -0.465 e. The molecule has 2 rings (SSSR count). The largest absolute Gasteiger partial charge is 0.465 e. The van der Waals surface area contributed by atoms with Crippen molar-refractivity contribution in [2.45, 2.75) is 19.0 Å². The molecule has 1 aromatic carbocycles. The van der Waals surface area contributed by atoms with Crippen molar-refractivity contribution in [2.75, 3.05) is 6.61 Å². The molecular weight excluding hydrogens is 274 g/mol. The molecule has 0 aromatic heterocycles. The van der Waals surface area contributed by atoms with Crippen LogP contribution >= 0.6 is 15.9 Å². The fourth-order valence-electron chi connectivity index (χ4n) is 2.03. The summed E-state index contributed by atoms with van der Waals surface area (Å²) in [6.07, 6.45) is -0.427. The SMILES string of the molecule is O=C(O)N1Cc2cccc(Br)c2C[C@@H]1CO. The highest BCUT2D eigenvalue weighted by molar-refractivity contribution is 9.10. The van der Waals surface area contributed by atoms with E-state index < -0.39 is 6.09 Å². The summed E-state index contributed by atoms with van der Waals surface area (Å²) >= 11 is 3.45. The summed E-state index contributed by atoms with van der Waals surface area (Å²) in [6, 6.07) is 5.40. The van der Waals surface area contributed by atoms with E-state index in [2.05, 4.69) is 15.9 Å².